The number of amides is 2. The van der Waals surface area contributed by atoms with Gasteiger partial charge in [0, 0.05) is 51.2 Å². The Morgan fingerprint density at radius 1 is 0.800 bits per heavy atom. The average molecular weight is 351 g/mol. The lowest BCUT2D eigenvalue weighted by Crippen LogP contribution is -2.53. The Kier molecular flexibility index (Phi) is 6.70. The standard InChI is InChI=1S/C19H34N4O2/c20-17-7-5-6-16(14-17)19(25)23-12-10-21(11-13-23)15-18(24)22-8-3-1-2-4-9-22/h16-17H,1-15,20H2. The number of carbonyl (C=O) groups is 2. The summed E-state index contributed by atoms with van der Waals surface area (Å²) in [6.45, 7) is 5.46. The van der Waals surface area contributed by atoms with Gasteiger partial charge in [0.25, 0.3) is 0 Å². The van der Waals surface area contributed by atoms with Crippen molar-refractivity contribution in [2.45, 2.75) is 57.4 Å². The summed E-state index contributed by atoms with van der Waals surface area (Å²) in [7, 11) is 0. The summed E-state index contributed by atoms with van der Waals surface area (Å²) in [5.74, 6) is 0.669. The smallest absolute Gasteiger partial charge is 0.236 e. The van der Waals surface area contributed by atoms with E-state index >= 15 is 0 Å². The molecular weight excluding hydrogens is 316 g/mol. The van der Waals surface area contributed by atoms with Gasteiger partial charge < -0.3 is 15.5 Å². The lowest BCUT2D eigenvalue weighted by molar-refractivity contribution is -0.139. The van der Waals surface area contributed by atoms with Gasteiger partial charge >= 0.3 is 0 Å². The lowest BCUT2D eigenvalue weighted by Gasteiger charge is -2.38. The molecular formula is C19H34N4O2. The van der Waals surface area contributed by atoms with Gasteiger partial charge in [0.15, 0.2) is 0 Å². The molecule has 0 aromatic heterocycles. The van der Waals surface area contributed by atoms with Gasteiger partial charge in [-0.25, -0.2) is 0 Å². The topological polar surface area (TPSA) is 69.9 Å². The minimum absolute atomic E-state index is 0.119. The molecule has 0 spiro atoms. The van der Waals surface area contributed by atoms with Crippen LogP contribution in [-0.4, -0.2) is 78.4 Å². The molecule has 2 amide bonds. The first-order valence-electron chi connectivity index (χ1n) is 10.2. The van der Waals surface area contributed by atoms with E-state index in [1.165, 1.54) is 12.8 Å². The number of hydrogen-bond acceptors (Lipinski definition) is 4. The van der Waals surface area contributed by atoms with Crippen molar-refractivity contribution in [2.24, 2.45) is 11.7 Å². The zero-order valence-electron chi connectivity index (χ0n) is 15.5. The van der Waals surface area contributed by atoms with E-state index in [1.807, 2.05) is 9.80 Å². The molecule has 0 radical (unpaired) electrons. The monoisotopic (exact) mass is 350 g/mol. The highest BCUT2D eigenvalue weighted by Gasteiger charge is 2.31. The van der Waals surface area contributed by atoms with Crippen molar-refractivity contribution in [3.05, 3.63) is 0 Å². The lowest BCUT2D eigenvalue weighted by atomic mass is 9.85. The molecule has 142 valence electrons. The summed E-state index contributed by atoms with van der Waals surface area (Å²) in [5, 5.41) is 0. The van der Waals surface area contributed by atoms with E-state index < -0.39 is 0 Å². The first-order chi connectivity index (χ1) is 12.1. The largest absolute Gasteiger partial charge is 0.342 e. The predicted molar refractivity (Wildman–Crippen MR) is 98.0 cm³/mol. The van der Waals surface area contributed by atoms with Crippen LogP contribution in [0.2, 0.25) is 0 Å². The second kappa shape index (κ2) is 8.99. The number of nitrogens with zero attached hydrogens (tertiary/aromatic N) is 3. The number of piperazine rings is 1. The molecule has 3 aliphatic rings. The maximum absolute atomic E-state index is 12.7. The van der Waals surface area contributed by atoms with Crippen LogP contribution in [0.25, 0.3) is 0 Å². The minimum Gasteiger partial charge on any atom is -0.342 e. The van der Waals surface area contributed by atoms with Crippen LogP contribution in [0.15, 0.2) is 0 Å². The van der Waals surface area contributed by atoms with E-state index in [2.05, 4.69) is 4.90 Å². The zero-order valence-corrected chi connectivity index (χ0v) is 15.5. The Hall–Kier alpha value is -1.14. The highest BCUT2D eigenvalue weighted by atomic mass is 16.2. The van der Waals surface area contributed by atoms with E-state index in [9.17, 15) is 9.59 Å². The molecule has 2 atom stereocenters. The third-order valence-corrected chi connectivity index (χ3v) is 6.07. The normalized spacial score (nSPS) is 29.3. The van der Waals surface area contributed by atoms with Gasteiger partial charge in [0.05, 0.1) is 6.54 Å². The number of likely N-dealkylation sites (tertiary alicyclic amines) is 1. The molecule has 3 fully saturated rings. The summed E-state index contributed by atoms with van der Waals surface area (Å²) in [4.78, 5) is 31.4. The first kappa shape index (κ1) is 18.6. The molecule has 2 heterocycles. The van der Waals surface area contributed by atoms with Crippen molar-refractivity contribution >= 4 is 11.8 Å². The zero-order chi connectivity index (χ0) is 17.6. The summed E-state index contributed by atoms with van der Waals surface area (Å²) in [6, 6.07) is 0.190. The predicted octanol–water partition coefficient (Wildman–Crippen LogP) is 1.05. The molecule has 2 unspecified atom stereocenters. The van der Waals surface area contributed by atoms with Gasteiger partial charge in [-0.3, -0.25) is 14.5 Å². The van der Waals surface area contributed by atoms with Crippen LogP contribution in [0.3, 0.4) is 0 Å². The molecule has 0 aromatic carbocycles. The third-order valence-electron chi connectivity index (χ3n) is 6.07. The molecule has 6 heteroatoms. The molecule has 2 aliphatic heterocycles. The van der Waals surface area contributed by atoms with Crippen molar-refractivity contribution in [3.8, 4) is 0 Å². The fraction of sp³-hybridized carbons (Fsp3) is 0.895. The van der Waals surface area contributed by atoms with E-state index in [0.717, 1.165) is 77.8 Å². The summed E-state index contributed by atoms with van der Waals surface area (Å²) < 4.78 is 0. The first-order valence-corrected chi connectivity index (χ1v) is 10.2. The highest BCUT2D eigenvalue weighted by Crippen LogP contribution is 2.25. The number of hydrogen-bond donors (Lipinski definition) is 1. The van der Waals surface area contributed by atoms with Crippen LogP contribution in [0.1, 0.15) is 51.4 Å². The Morgan fingerprint density at radius 2 is 1.48 bits per heavy atom. The highest BCUT2D eigenvalue weighted by molar-refractivity contribution is 5.79. The minimum atomic E-state index is 0.119. The SMILES string of the molecule is NC1CCCC(C(=O)N2CCN(CC(=O)N3CCCCCC3)CC2)C1. The Morgan fingerprint density at radius 3 is 2.12 bits per heavy atom. The van der Waals surface area contributed by atoms with Crippen molar-refractivity contribution in [1.82, 2.24) is 14.7 Å². The van der Waals surface area contributed by atoms with E-state index in [1.54, 1.807) is 0 Å². The Balaban J connectivity index is 1.42. The van der Waals surface area contributed by atoms with Gasteiger partial charge in [-0.05, 0) is 32.1 Å². The molecule has 1 aliphatic carbocycles. The van der Waals surface area contributed by atoms with Gasteiger partial charge in [-0.15, -0.1) is 0 Å². The quantitative estimate of drug-likeness (QED) is 0.826. The molecule has 2 saturated heterocycles. The van der Waals surface area contributed by atoms with Crippen LogP contribution in [0.5, 0.6) is 0 Å². The Labute approximate surface area is 151 Å². The van der Waals surface area contributed by atoms with Gasteiger partial charge in [-0.1, -0.05) is 19.3 Å². The fourth-order valence-corrected chi connectivity index (χ4v) is 4.45. The maximum atomic E-state index is 12.7. The molecule has 6 nitrogen and oxygen atoms in total. The Bertz CT molecular complexity index is 454. The fourth-order valence-electron chi connectivity index (χ4n) is 4.45. The van der Waals surface area contributed by atoms with Crippen molar-refractivity contribution in [2.75, 3.05) is 45.8 Å². The molecule has 2 N–H and O–H groups in total. The van der Waals surface area contributed by atoms with Gasteiger partial charge in [-0.2, -0.15) is 0 Å². The number of carbonyl (C=O) groups excluding carboxylic acids is 2. The number of nitrogens with two attached hydrogens (primary N) is 1. The van der Waals surface area contributed by atoms with Crippen molar-refractivity contribution in [3.63, 3.8) is 0 Å². The van der Waals surface area contributed by atoms with Crippen LogP contribution < -0.4 is 5.73 Å². The molecule has 0 aromatic rings. The van der Waals surface area contributed by atoms with Crippen LogP contribution in [0, 0.1) is 5.92 Å². The van der Waals surface area contributed by atoms with E-state index in [4.69, 9.17) is 5.73 Å². The molecule has 3 rings (SSSR count). The van der Waals surface area contributed by atoms with Crippen molar-refractivity contribution < 1.29 is 9.59 Å². The van der Waals surface area contributed by atoms with Gasteiger partial charge in [0.2, 0.25) is 11.8 Å². The molecule has 1 saturated carbocycles. The third kappa shape index (κ3) is 5.17. The average Bonchev–Trinajstić information content (AvgIpc) is 2.91. The van der Waals surface area contributed by atoms with E-state index in [-0.39, 0.29) is 23.8 Å². The van der Waals surface area contributed by atoms with Gasteiger partial charge in [0.1, 0.15) is 0 Å². The molecule has 0 bridgehead atoms. The number of rotatable bonds is 3. The molecule has 25 heavy (non-hydrogen) atoms. The summed E-state index contributed by atoms with van der Waals surface area (Å²) in [6.07, 6.45) is 8.71. The van der Waals surface area contributed by atoms with Crippen LogP contribution in [-0.2, 0) is 9.59 Å². The second-order valence-corrected chi connectivity index (χ2v) is 8.02. The van der Waals surface area contributed by atoms with Crippen LogP contribution in [0.4, 0.5) is 0 Å². The van der Waals surface area contributed by atoms with E-state index in [0.29, 0.717) is 6.54 Å². The maximum Gasteiger partial charge on any atom is 0.236 e. The van der Waals surface area contributed by atoms with Crippen LogP contribution >= 0.6 is 0 Å². The second-order valence-electron chi connectivity index (χ2n) is 8.02. The van der Waals surface area contributed by atoms with Crippen molar-refractivity contribution in [1.29, 1.82) is 0 Å². The summed E-state index contributed by atoms with van der Waals surface area (Å²) in [5.41, 5.74) is 6.03. The summed E-state index contributed by atoms with van der Waals surface area (Å²) >= 11 is 0.